The zero-order valence-electron chi connectivity index (χ0n) is 17.8. The maximum Gasteiger partial charge on any atom is 0.251 e. The van der Waals surface area contributed by atoms with Gasteiger partial charge in [-0.3, -0.25) is 9.69 Å². The smallest absolute Gasteiger partial charge is 0.251 e. The molecule has 0 saturated carbocycles. The molecular weight excluding hydrogens is 344 g/mol. The van der Waals surface area contributed by atoms with Crippen LogP contribution >= 0.6 is 0 Å². The van der Waals surface area contributed by atoms with Crippen LogP contribution in [0.3, 0.4) is 0 Å². The van der Waals surface area contributed by atoms with E-state index in [0.29, 0.717) is 0 Å². The van der Waals surface area contributed by atoms with Crippen LogP contribution in [0.1, 0.15) is 71.8 Å². The summed E-state index contributed by atoms with van der Waals surface area (Å²) in [6.45, 7) is 12.0. The van der Waals surface area contributed by atoms with Crippen LogP contribution in [0.15, 0.2) is 42.5 Å². The van der Waals surface area contributed by atoms with E-state index in [4.69, 9.17) is 0 Å². The lowest BCUT2D eigenvalue weighted by Gasteiger charge is -2.30. The lowest BCUT2D eigenvalue weighted by atomic mass is 9.97. The number of carbonyl (C=O) groups is 1. The summed E-state index contributed by atoms with van der Waals surface area (Å²) in [5.41, 5.74) is 5.71. The number of carbonyl (C=O) groups excluding carboxylic acids is 1. The molecule has 0 radical (unpaired) electrons. The van der Waals surface area contributed by atoms with Gasteiger partial charge in [-0.25, -0.2) is 0 Å². The van der Waals surface area contributed by atoms with Crippen LogP contribution in [0.25, 0.3) is 0 Å². The fraction of sp³-hybridized carbons (Fsp3) is 0.480. The third-order valence-electron chi connectivity index (χ3n) is 5.88. The Hall–Kier alpha value is -2.13. The van der Waals surface area contributed by atoms with Gasteiger partial charge in [-0.15, -0.1) is 0 Å². The number of aryl methyl sites for hydroxylation is 2. The van der Waals surface area contributed by atoms with Crippen molar-refractivity contribution in [2.24, 2.45) is 5.92 Å². The molecule has 3 heteroatoms. The van der Waals surface area contributed by atoms with E-state index in [-0.39, 0.29) is 11.9 Å². The molecule has 1 aliphatic heterocycles. The largest absolute Gasteiger partial charge is 0.345 e. The van der Waals surface area contributed by atoms with E-state index >= 15 is 0 Å². The molecule has 2 aromatic carbocycles. The fourth-order valence-corrected chi connectivity index (χ4v) is 4.31. The van der Waals surface area contributed by atoms with Gasteiger partial charge in [0.25, 0.3) is 5.91 Å². The van der Waals surface area contributed by atoms with Gasteiger partial charge in [0, 0.05) is 18.7 Å². The lowest BCUT2D eigenvalue weighted by molar-refractivity contribution is 0.0935. The maximum atomic E-state index is 12.8. The predicted molar refractivity (Wildman–Crippen MR) is 117 cm³/mol. The van der Waals surface area contributed by atoms with Crippen molar-refractivity contribution in [3.8, 4) is 0 Å². The molecule has 0 bridgehead atoms. The number of benzene rings is 2. The van der Waals surface area contributed by atoms with Crippen molar-refractivity contribution < 1.29 is 4.79 Å². The molecule has 150 valence electrons. The summed E-state index contributed by atoms with van der Waals surface area (Å²) >= 11 is 0. The first-order valence-corrected chi connectivity index (χ1v) is 10.7. The number of rotatable bonds is 6. The van der Waals surface area contributed by atoms with Gasteiger partial charge in [-0.1, -0.05) is 49.7 Å². The van der Waals surface area contributed by atoms with Crippen LogP contribution in [-0.2, 0) is 6.54 Å². The van der Waals surface area contributed by atoms with Gasteiger partial charge in [0.1, 0.15) is 0 Å². The number of amides is 1. The molecule has 1 amide bonds. The summed E-state index contributed by atoms with van der Waals surface area (Å²) in [6, 6.07) is 14.6. The van der Waals surface area contributed by atoms with E-state index < -0.39 is 0 Å². The summed E-state index contributed by atoms with van der Waals surface area (Å²) in [5.74, 6) is 0.792. The van der Waals surface area contributed by atoms with E-state index in [1.807, 2.05) is 12.1 Å². The highest BCUT2D eigenvalue weighted by atomic mass is 16.1. The highest BCUT2D eigenvalue weighted by molar-refractivity contribution is 5.94. The molecule has 3 nitrogen and oxygen atoms in total. The van der Waals surface area contributed by atoms with Crippen molar-refractivity contribution in [2.75, 3.05) is 13.1 Å². The molecule has 0 aromatic heterocycles. The van der Waals surface area contributed by atoms with Crippen LogP contribution in [0.2, 0.25) is 0 Å². The molecule has 0 unspecified atom stereocenters. The Morgan fingerprint density at radius 3 is 2.57 bits per heavy atom. The molecule has 1 saturated heterocycles. The van der Waals surface area contributed by atoms with Crippen molar-refractivity contribution in [1.29, 1.82) is 0 Å². The van der Waals surface area contributed by atoms with Gasteiger partial charge < -0.3 is 5.32 Å². The van der Waals surface area contributed by atoms with E-state index in [0.717, 1.165) is 24.4 Å². The molecule has 1 aliphatic rings. The highest BCUT2D eigenvalue weighted by Gasteiger charge is 2.18. The maximum absolute atomic E-state index is 12.8. The van der Waals surface area contributed by atoms with E-state index in [1.165, 1.54) is 48.2 Å². The minimum Gasteiger partial charge on any atom is -0.345 e. The minimum absolute atomic E-state index is 0.00460. The van der Waals surface area contributed by atoms with Crippen LogP contribution in [0.4, 0.5) is 0 Å². The zero-order chi connectivity index (χ0) is 20.1. The first-order chi connectivity index (χ1) is 13.5. The first-order valence-electron chi connectivity index (χ1n) is 10.7. The van der Waals surface area contributed by atoms with Gasteiger partial charge >= 0.3 is 0 Å². The monoisotopic (exact) mass is 378 g/mol. The fourth-order valence-electron chi connectivity index (χ4n) is 4.31. The SMILES string of the molecule is CC[C@@H](NC(=O)c1ccc(CN2CCC[C@@H](C)C2)cc1)c1ccc(C)cc1C. The molecule has 1 fully saturated rings. The second-order valence-electron chi connectivity index (χ2n) is 8.47. The second kappa shape index (κ2) is 9.38. The summed E-state index contributed by atoms with van der Waals surface area (Å²) in [5, 5.41) is 3.22. The van der Waals surface area contributed by atoms with Gasteiger partial charge in [0.05, 0.1) is 6.04 Å². The van der Waals surface area contributed by atoms with Crippen molar-refractivity contribution in [3.63, 3.8) is 0 Å². The van der Waals surface area contributed by atoms with Crippen LogP contribution in [0, 0.1) is 19.8 Å². The van der Waals surface area contributed by atoms with Crippen molar-refractivity contribution >= 4 is 5.91 Å². The van der Waals surface area contributed by atoms with Crippen LogP contribution in [-0.4, -0.2) is 23.9 Å². The predicted octanol–water partition coefficient (Wildman–Crippen LogP) is 5.42. The Kier molecular flexibility index (Phi) is 6.90. The Morgan fingerprint density at radius 1 is 1.18 bits per heavy atom. The molecule has 2 atom stereocenters. The number of piperidine rings is 1. The van der Waals surface area contributed by atoms with E-state index in [9.17, 15) is 4.79 Å². The Balaban J connectivity index is 1.63. The third-order valence-corrected chi connectivity index (χ3v) is 5.88. The average Bonchev–Trinajstić information content (AvgIpc) is 2.67. The van der Waals surface area contributed by atoms with Crippen molar-refractivity contribution in [2.45, 2.75) is 59.5 Å². The lowest BCUT2D eigenvalue weighted by Crippen LogP contribution is -2.33. The van der Waals surface area contributed by atoms with Crippen LogP contribution in [0.5, 0.6) is 0 Å². The van der Waals surface area contributed by atoms with Crippen molar-refractivity contribution in [3.05, 3.63) is 70.3 Å². The highest BCUT2D eigenvalue weighted by Crippen LogP contribution is 2.23. The topological polar surface area (TPSA) is 32.3 Å². The van der Waals surface area contributed by atoms with Gasteiger partial charge in [0.2, 0.25) is 0 Å². The van der Waals surface area contributed by atoms with E-state index in [1.54, 1.807) is 0 Å². The summed E-state index contributed by atoms with van der Waals surface area (Å²) in [7, 11) is 0. The minimum atomic E-state index is 0.00460. The van der Waals surface area contributed by atoms with Gasteiger partial charge in [-0.05, 0) is 74.4 Å². The number of hydrogen-bond donors (Lipinski definition) is 1. The van der Waals surface area contributed by atoms with Gasteiger partial charge in [0.15, 0.2) is 0 Å². The van der Waals surface area contributed by atoms with E-state index in [2.05, 4.69) is 68.2 Å². The molecule has 2 aromatic rings. The third kappa shape index (κ3) is 5.23. The number of nitrogens with zero attached hydrogens (tertiary/aromatic N) is 1. The normalized spacial score (nSPS) is 18.6. The van der Waals surface area contributed by atoms with Gasteiger partial charge in [-0.2, -0.15) is 0 Å². The summed E-state index contributed by atoms with van der Waals surface area (Å²) in [4.78, 5) is 15.3. The standard InChI is InChI=1S/C25H34N2O/c1-5-24(23-13-8-18(2)15-20(23)4)26-25(28)22-11-9-21(10-12-22)17-27-14-6-7-19(3)16-27/h8-13,15,19,24H,5-7,14,16-17H2,1-4H3,(H,26,28)/t19-,24-/m1/s1. The summed E-state index contributed by atoms with van der Waals surface area (Å²) in [6.07, 6.45) is 3.51. The van der Waals surface area contributed by atoms with Crippen LogP contribution < -0.4 is 5.32 Å². The number of likely N-dealkylation sites (tertiary alicyclic amines) is 1. The Bertz CT molecular complexity index is 797. The number of hydrogen-bond acceptors (Lipinski definition) is 2. The Morgan fingerprint density at radius 2 is 1.93 bits per heavy atom. The number of nitrogens with one attached hydrogen (secondary N) is 1. The molecular formula is C25H34N2O. The first kappa shape index (κ1) is 20.6. The molecule has 1 heterocycles. The second-order valence-corrected chi connectivity index (χ2v) is 8.47. The Labute approximate surface area is 170 Å². The molecule has 0 aliphatic carbocycles. The molecule has 0 spiro atoms. The van der Waals surface area contributed by atoms with Crippen molar-refractivity contribution in [1.82, 2.24) is 10.2 Å². The molecule has 28 heavy (non-hydrogen) atoms. The summed E-state index contributed by atoms with van der Waals surface area (Å²) < 4.78 is 0. The zero-order valence-corrected chi connectivity index (χ0v) is 17.8. The molecule has 1 N–H and O–H groups in total. The molecule has 3 rings (SSSR count). The quantitative estimate of drug-likeness (QED) is 0.728. The average molecular weight is 379 g/mol.